The monoisotopic (exact) mass is 722 g/mol. The van der Waals surface area contributed by atoms with Gasteiger partial charge < -0.3 is 9.31 Å². The molecule has 0 amide bonds. The van der Waals surface area contributed by atoms with Crippen molar-refractivity contribution < 1.29 is 22.5 Å². The van der Waals surface area contributed by atoms with Crippen LogP contribution in [0.15, 0.2) is 51.8 Å². The summed E-state index contributed by atoms with van der Waals surface area (Å²) in [6, 6.07) is 6.42. The molecule has 5 nitrogen and oxygen atoms in total. The molecule has 1 fully saturated rings. The Morgan fingerprint density at radius 3 is 1.60 bits per heavy atom. The van der Waals surface area contributed by atoms with Gasteiger partial charge in [-0.25, -0.2) is 15.0 Å². The summed E-state index contributed by atoms with van der Waals surface area (Å²) in [5, 5.41) is 0. The van der Waals surface area contributed by atoms with Gasteiger partial charge in [0.2, 0.25) is 17.8 Å². The molecule has 4 heterocycles. The number of hydrogen-bond acceptors (Lipinski definition) is 5. The fourth-order valence-corrected chi connectivity index (χ4v) is 4.10. The summed E-state index contributed by atoms with van der Waals surface area (Å²) in [7, 11) is 33.0. The van der Waals surface area contributed by atoms with Gasteiger partial charge in [0, 0.05) is 124 Å². The van der Waals surface area contributed by atoms with E-state index in [0.29, 0.717) is 21.1 Å². The predicted molar refractivity (Wildman–Crippen MR) is 196 cm³/mol. The Morgan fingerprint density at radius 2 is 1.24 bits per heavy atom. The van der Waals surface area contributed by atoms with Gasteiger partial charge in [0.15, 0.2) is 0 Å². The van der Waals surface area contributed by atoms with E-state index >= 15 is 0 Å². The first-order valence-corrected chi connectivity index (χ1v) is 15.2. The van der Waals surface area contributed by atoms with Crippen molar-refractivity contribution in [1.82, 2.24) is 15.0 Å². The summed E-state index contributed by atoms with van der Waals surface area (Å²) < 4.78 is 51.1. The summed E-state index contributed by atoms with van der Waals surface area (Å²) >= 11 is 6.25. The van der Waals surface area contributed by atoms with Crippen LogP contribution in [0.3, 0.4) is 0 Å². The van der Waals surface area contributed by atoms with Crippen molar-refractivity contribution in [3.8, 4) is 0 Å². The van der Waals surface area contributed by atoms with Gasteiger partial charge in [0.1, 0.15) is 0 Å². The Hall–Kier alpha value is -1.10. The highest BCUT2D eigenvalue weighted by molar-refractivity contribution is 9.10. The van der Waals surface area contributed by atoms with Gasteiger partial charge in [-0.2, -0.15) is 13.2 Å². The van der Waals surface area contributed by atoms with Crippen LogP contribution < -0.4 is 5.46 Å². The minimum absolute atomic E-state index is 0.389. The Bertz CT molecular complexity index is 1310. The zero-order chi connectivity index (χ0) is 34.7. The van der Waals surface area contributed by atoms with E-state index in [0.717, 1.165) is 4.47 Å². The molecule has 0 aliphatic carbocycles. The normalized spacial score (nSPS) is 13.9. The highest BCUT2D eigenvalue weighted by Gasteiger charge is 2.52. The second kappa shape index (κ2) is 19.0. The number of pyridine rings is 3. The number of hydrogen-bond donors (Lipinski definition) is 0. The maximum Gasteiger partial charge on any atom is 0.495 e. The van der Waals surface area contributed by atoms with Crippen molar-refractivity contribution >= 4 is 123 Å². The molecule has 22 heteroatoms. The van der Waals surface area contributed by atoms with Gasteiger partial charge >= 0.3 is 7.12 Å². The third kappa shape index (κ3) is 13.1. The Kier molecular flexibility index (Phi) is 17.7. The first-order valence-electron chi connectivity index (χ1n) is 13.6. The van der Waals surface area contributed by atoms with E-state index in [-0.39, 0.29) is 6.39 Å². The van der Waals surface area contributed by atoms with Crippen LogP contribution in [-0.4, -0.2) is 112 Å². The molecule has 3 aromatic heterocycles. The molecule has 215 valence electrons. The van der Waals surface area contributed by atoms with Gasteiger partial charge in [-0.1, -0.05) is 31.9 Å². The smallest absolute Gasteiger partial charge is 0.399 e. The van der Waals surface area contributed by atoms with Gasteiger partial charge in [-0.15, -0.1) is 0 Å². The second-order valence-electron chi connectivity index (χ2n) is 10.9. The van der Waals surface area contributed by atoms with Crippen LogP contribution in [0, 0.1) is 31.7 Å². The second-order valence-corrected chi connectivity index (χ2v) is 12.7. The third-order valence-electron chi connectivity index (χ3n) is 7.01. The Morgan fingerprint density at radius 1 is 0.778 bits per heavy atom. The summed E-state index contributed by atoms with van der Waals surface area (Å²) in [4.78, 5) is 10.4. The fraction of sp³-hybridized carbons (Fsp3) is 0.348. The average Bonchev–Trinajstić information content (AvgIpc) is 3.15. The zero-order valence-electron chi connectivity index (χ0n) is 26.0. The summed E-state index contributed by atoms with van der Waals surface area (Å²) in [6.45, 7) is 11.2. The van der Waals surface area contributed by atoms with E-state index in [9.17, 15) is 13.2 Å². The summed E-state index contributed by atoms with van der Waals surface area (Å²) in [6.07, 6.45) is 2.11. The van der Waals surface area contributed by atoms with Crippen LogP contribution in [0.25, 0.3) is 0 Å². The van der Waals surface area contributed by atoms with Crippen molar-refractivity contribution in [2.75, 3.05) is 0 Å². The highest BCUT2D eigenvalue weighted by Crippen LogP contribution is 2.36. The molecule has 1 saturated heterocycles. The van der Waals surface area contributed by atoms with Crippen molar-refractivity contribution in [1.29, 1.82) is 0 Å². The molecule has 0 spiro atoms. The molecule has 0 aromatic carbocycles. The van der Waals surface area contributed by atoms with Crippen molar-refractivity contribution in [2.24, 2.45) is 0 Å². The molecular weight excluding hydrogens is 697 g/mol. The zero-order valence-corrected chi connectivity index (χ0v) is 29.2. The van der Waals surface area contributed by atoms with Crippen molar-refractivity contribution in [3.63, 3.8) is 0 Å². The lowest BCUT2D eigenvalue weighted by molar-refractivity contribution is 0.00578. The number of nitrogens with zero attached hydrogens (tertiary/aromatic N) is 3. The van der Waals surface area contributed by atoms with Crippen molar-refractivity contribution in [3.05, 3.63) is 80.8 Å². The van der Waals surface area contributed by atoms with E-state index in [1.165, 1.54) is 31.7 Å². The molecule has 3 aromatic rings. The summed E-state index contributed by atoms with van der Waals surface area (Å²) in [5.74, 6) is -1.35. The van der Waals surface area contributed by atoms with E-state index < -0.39 is 55.3 Å². The molecule has 0 bridgehead atoms. The maximum absolute atomic E-state index is 13.4. The van der Waals surface area contributed by atoms with E-state index in [4.69, 9.17) is 55.7 Å². The van der Waals surface area contributed by atoms with Crippen LogP contribution in [0.1, 0.15) is 38.8 Å². The largest absolute Gasteiger partial charge is 0.495 e. The first kappa shape index (κ1) is 41.9. The van der Waals surface area contributed by atoms with Gasteiger partial charge in [-0.3, -0.25) is 0 Å². The Balaban J connectivity index is 0.000000316. The summed E-state index contributed by atoms with van der Waals surface area (Å²) in [5.41, 5.74) is 0.910. The van der Waals surface area contributed by atoms with E-state index in [1.807, 2.05) is 27.7 Å². The molecule has 4 rings (SSSR count). The van der Waals surface area contributed by atoms with Gasteiger partial charge in [0.05, 0.1) is 11.2 Å². The van der Waals surface area contributed by atoms with Crippen molar-refractivity contribution in [2.45, 2.75) is 52.7 Å². The topological polar surface area (TPSA) is 57.1 Å². The SMILES string of the molecule is Cc1c(B2OC(C)(C)C(C)(C)O2)ccnc1F.Cc1c(Br)ccnc1F.Fc1cc(Br)ccn1.[B][B]B([B])B(B([B])[B])B([B])[B]. The highest BCUT2D eigenvalue weighted by atomic mass is 79.9. The molecule has 45 heavy (non-hydrogen) atoms. The molecule has 0 atom stereocenters. The predicted octanol–water partition coefficient (Wildman–Crippen LogP) is 1.91. The fourth-order valence-electron chi connectivity index (χ4n) is 3.51. The van der Waals surface area contributed by atoms with Crippen LogP contribution in [0.4, 0.5) is 13.2 Å². The number of aromatic nitrogens is 3. The van der Waals surface area contributed by atoms with Crippen LogP contribution in [0.5, 0.6) is 0 Å². The maximum atomic E-state index is 13.4. The van der Waals surface area contributed by atoms with E-state index in [2.05, 4.69) is 46.8 Å². The molecule has 1 aliphatic heterocycles. The standard InChI is InChI=1S/C12H17BFNO2.C6H5BrFN.C5H3BrFN.B11/c1-8-9(6-7-15-10(8)14)13-16-11(2,3)12(4,5)17-13;1-4-5(7)2-3-9-6(4)8;6-4-1-2-8-5(7)3-4;1-7-10(6)11(8(2)3)9(4)5/h6-7H,1-5H3;2-3H,1H3;1-3H;. The van der Waals surface area contributed by atoms with Crippen LogP contribution in [-0.2, 0) is 9.31 Å². The molecule has 0 unspecified atom stereocenters. The average molecular weight is 722 g/mol. The molecule has 1 aliphatic rings. The first-order chi connectivity index (χ1) is 20.7. The lowest BCUT2D eigenvalue weighted by atomic mass is 8.56. The minimum Gasteiger partial charge on any atom is -0.399 e. The minimum atomic E-state index is -0.648. The Labute approximate surface area is 293 Å². The number of rotatable bonds is 5. The van der Waals surface area contributed by atoms with Gasteiger partial charge in [0.25, 0.3) is 0 Å². The van der Waals surface area contributed by atoms with Gasteiger partial charge in [-0.05, 0) is 65.2 Å². The van der Waals surface area contributed by atoms with E-state index in [1.54, 1.807) is 32.0 Å². The quantitative estimate of drug-likeness (QED) is 0.298. The lowest BCUT2D eigenvalue weighted by Gasteiger charge is -2.32. The van der Waals surface area contributed by atoms with Crippen LogP contribution >= 0.6 is 31.9 Å². The van der Waals surface area contributed by atoms with Crippen LogP contribution in [0.2, 0.25) is 0 Å². The lowest BCUT2D eigenvalue weighted by Crippen LogP contribution is -2.63. The molecule has 0 saturated carbocycles. The molecular formula is C23H25B12Br2F3N3O2. The molecule has 13 radical (unpaired) electrons. The molecule has 0 N–H and O–H groups in total. The number of halogens is 5. The third-order valence-corrected chi connectivity index (χ3v) is 8.36.